The van der Waals surface area contributed by atoms with Crippen LogP contribution < -0.4 is 11.1 Å². The molecule has 7 heteroatoms. The van der Waals surface area contributed by atoms with Crippen LogP contribution in [0.3, 0.4) is 0 Å². The van der Waals surface area contributed by atoms with Crippen LogP contribution >= 0.6 is 11.6 Å². The monoisotopic (exact) mass is 274 g/mol. The van der Waals surface area contributed by atoms with E-state index in [4.69, 9.17) is 22.4 Å². The molecule has 1 unspecified atom stereocenters. The molecule has 98 valence electrons. The predicted octanol–water partition coefficient (Wildman–Crippen LogP) is 0.897. The zero-order chi connectivity index (χ0) is 13.7. The van der Waals surface area contributed by atoms with Gasteiger partial charge in [0.1, 0.15) is 5.82 Å². The van der Waals surface area contributed by atoms with Gasteiger partial charge in [-0.1, -0.05) is 17.7 Å². The van der Waals surface area contributed by atoms with Gasteiger partial charge < -0.3 is 16.2 Å². The van der Waals surface area contributed by atoms with Crippen LogP contribution in [0, 0.1) is 5.82 Å². The first kappa shape index (κ1) is 14.4. The molecule has 1 atom stereocenters. The first-order valence-electron chi connectivity index (χ1n) is 5.09. The van der Waals surface area contributed by atoms with Crippen LogP contribution in [0.15, 0.2) is 18.2 Å². The zero-order valence-corrected chi connectivity index (χ0v) is 10.1. The SMILES string of the molecule is NC(CC(=O)O)C(=O)NCc1ccc(F)c(Cl)c1. The minimum Gasteiger partial charge on any atom is -0.481 e. The van der Waals surface area contributed by atoms with Crippen molar-refractivity contribution in [3.8, 4) is 0 Å². The summed E-state index contributed by atoms with van der Waals surface area (Å²) in [7, 11) is 0. The molecule has 1 amide bonds. The van der Waals surface area contributed by atoms with Gasteiger partial charge in [-0.25, -0.2) is 4.39 Å². The summed E-state index contributed by atoms with van der Waals surface area (Å²) in [5.74, 6) is -2.28. The lowest BCUT2D eigenvalue weighted by molar-refractivity contribution is -0.139. The summed E-state index contributed by atoms with van der Waals surface area (Å²) >= 11 is 5.57. The quantitative estimate of drug-likeness (QED) is 0.744. The number of nitrogens with one attached hydrogen (secondary N) is 1. The molecular weight excluding hydrogens is 263 g/mol. The van der Waals surface area contributed by atoms with E-state index >= 15 is 0 Å². The summed E-state index contributed by atoms with van der Waals surface area (Å²) in [6, 6.07) is 2.91. The van der Waals surface area contributed by atoms with E-state index in [2.05, 4.69) is 5.32 Å². The molecule has 0 aliphatic rings. The minimum atomic E-state index is -1.15. The Labute approximate surface area is 108 Å². The maximum Gasteiger partial charge on any atom is 0.305 e. The van der Waals surface area contributed by atoms with Crippen LogP contribution in [-0.4, -0.2) is 23.0 Å². The van der Waals surface area contributed by atoms with Gasteiger partial charge in [0.15, 0.2) is 0 Å². The Morgan fingerprint density at radius 3 is 2.72 bits per heavy atom. The summed E-state index contributed by atoms with van der Waals surface area (Å²) in [4.78, 5) is 21.7. The first-order valence-corrected chi connectivity index (χ1v) is 5.47. The fraction of sp³-hybridized carbons (Fsp3) is 0.273. The molecule has 0 fully saturated rings. The van der Waals surface area contributed by atoms with Crippen molar-refractivity contribution < 1.29 is 19.1 Å². The summed E-state index contributed by atoms with van der Waals surface area (Å²) in [5.41, 5.74) is 5.95. The minimum absolute atomic E-state index is 0.0448. The molecular formula is C11H12ClFN2O3. The number of halogens is 2. The number of hydrogen-bond acceptors (Lipinski definition) is 3. The first-order chi connectivity index (χ1) is 8.40. The van der Waals surface area contributed by atoms with Gasteiger partial charge in [-0.15, -0.1) is 0 Å². The number of carbonyl (C=O) groups is 2. The maximum atomic E-state index is 12.9. The molecule has 0 aliphatic heterocycles. The van der Waals surface area contributed by atoms with Crippen LogP contribution in [0.25, 0.3) is 0 Å². The molecule has 18 heavy (non-hydrogen) atoms. The third-order valence-corrected chi connectivity index (χ3v) is 2.47. The van der Waals surface area contributed by atoms with Crippen LogP contribution in [-0.2, 0) is 16.1 Å². The van der Waals surface area contributed by atoms with E-state index in [-0.39, 0.29) is 11.6 Å². The summed E-state index contributed by atoms with van der Waals surface area (Å²) in [5, 5.41) is 10.9. The van der Waals surface area contributed by atoms with E-state index in [9.17, 15) is 14.0 Å². The van der Waals surface area contributed by atoms with Crippen molar-refractivity contribution in [3.05, 3.63) is 34.6 Å². The number of carboxylic acid groups (broad SMARTS) is 1. The third kappa shape index (κ3) is 4.31. The number of benzene rings is 1. The highest BCUT2D eigenvalue weighted by atomic mass is 35.5. The van der Waals surface area contributed by atoms with E-state index in [0.29, 0.717) is 5.56 Å². The summed E-state index contributed by atoms with van der Waals surface area (Å²) in [6.07, 6.45) is -0.448. The molecule has 0 aromatic heterocycles. The van der Waals surface area contributed by atoms with E-state index in [1.54, 1.807) is 0 Å². The molecule has 0 bridgehead atoms. The van der Waals surface area contributed by atoms with Gasteiger partial charge in [-0.2, -0.15) is 0 Å². The van der Waals surface area contributed by atoms with Gasteiger partial charge in [-0.3, -0.25) is 9.59 Å². The van der Waals surface area contributed by atoms with Crippen molar-refractivity contribution in [2.45, 2.75) is 19.0 Å². The maximum absolute atomic E-state index is 12.9. The van der Waals surface area contributed by atoms with Crippen molar-refractivity contribution in [2.24, 2.45) is 5.73 Å². The lowest BCUT2D eigenvalue weighted by Crippen LogP contribution is -2.41. The number of amides is 1. The van der Waals surface area contributed by atoms with E-state index in [0.717, 1.165) is 0 Å². The second-order valence-corrected chi connectivity index (χ2v) is 4.08. The second kappa shape index (κ2) is 6.32. The number of carboxylic acids is 1. The standard InChI is InChI=1S/C11H12ClFN2O3/c12-7-3-6(1-2-8(7)13)5-15-11(18)9(14)4-10(16)17/h1-3,9H,4-5,14H2,(H,15,18)(H,16,17). The Morgan fingerprint density at radius 1 is 1.50 bits per heavy atom. The number of nitrogens with two attached hydrogens (primary N) is 1. The normalized spacial score (nSPS) is 11.9. The highest BCUT2D eigenvalue weighted by Gasteiger charge is 2.16. The van der Waals surface area contributed by atoms with Crippen molar-refractivity contribution in [1.29, 1.82) is 0 Å². The van der Waals surface area contributed by atoms with Gasteiger partial charge in [-0.05, 0) is 17.7 Å². The number of rotatable bonds is 5. The highest BCUT2D eigenvalue weighted by Crippen LogP contribution is 2.15. The molecule has 4 N–H and O–H groups in total. The van der Waals surface area contributed by atoms with Crippen molar-refractivity contribution in [2.75, 3.05) is 0 Å². The van der Waals surface area contributed by atoms with Gasteiger partial charge in [0, 0.05) is 6.54 Å². The average molecular weight is 275 g/mol. The van der Waals surface area contributed by atoms with Crippen LogP contribution in [0.1, 0.15) is 12.0 Å². The lowest BCUT2D eigenvalue weighted by Gasteiger charge is -2.10. The molecule has 1 aromatic rings. The topological polar surface area (TPSA) is 92.4 Å². The summed E-state index contributed by atoms with van der Waals surface area (Å²) in [6.45, 7) is 0.103. The van der Waals surface area contributed by atoms with Crippen LogP contribution in [0.4, 0.5) is 4.39 Å². The zero-order valence-electron chi connectivity index (χ0n) is 9.32. The van der Waals surface area contributed by atoms with Crippen molar-refractivity contribution in [3.63, 3.8) is 0 Å². The molecule has 0 saturated heterocycles. The Bertz CT molecular complexity index is 468. The van der Waals surface area contributed by atoms with Crippen LogP contribution in [0.2, 0.25) is 5.02 Å². The average Bonchev–Trinajstić information content (AvgIpc) is 2.29. The second-order valence-electron chi connectivity index (χ2n) is 3.67. The molecule has 0 aliphatic carbocycles. The highest BCUT2D eigenvalue weighted by molar-refractivity contribution is 6.30. The Hall–Kier alpha value is -1.66. The van der Waals surface area contributed by atoms with Crippen molar-refractivity contribution >= 4 is 23.5 Å². The number of carbonyl (C=O) groups excluding carboxylic acids is 1. The Kier molecular flexibility index (Phi) is 5.06. The van der Waals surface area contributed by atoms with Gasteiger partial charge in [0.05, 0.1) is 17.5 Å². The third-order valence-electron chi connectivity index (χ3n) is 2.18. The van der Waals surface area contributed by atoms with E-state index in [1.165, 1.54) is 18.2 Å². The van der Waals surface area contributed by atoms with E-state index < -0.39 is 30.2 Å². The van der Waals surface area contributed by atoms with Crippen molar-refractivity contribution in [1.82, 2.24) is 5.32 Å². The smallest absolute Gasteiger partial charge is 0.305 e. The fourth-order valence-corrected chi connectivity index (χ4v) is 1.45. The predicted molar refractivity (Wildman–Crippen MR) is 63.5 cm³/mol. The Morgan fingerprint density at radius 2 is 2.17 bits per heavy atom. The van der Waals surface area contributed by atoms with E-state index in [1.807, 2.05) is 0 Å². The summed E-state index contributed by atoms with van der Waals surface area (Å²) < 4.78 is 12.9. The molecule has 0 heterocycles. The lowest BCUT2D eigenvalue weighted by atomic mass is 10.2. The number of hydrogen-bond donors (Lipinski definition) is 3. The number of aliphatic carboxylic acids is 1. The molecule has 0 saturated carbocycles. The molecule has 1 rings (SSSR count). The molecule has 0 spiro atoms. The fourth-order valence-electron chi connectivity index (χ4n) is 1.25. The van der Waals surface area contributed by atoms with Gasteiger partial charge in [0.2, 0.25) is 5.91 Å². The van der Waals surface area contributed by atoms with Gasteiger partial charge >= 0.3 is 5.97 Å². The largest absolute Gasteiger partial charge is 0.481 e. The molecule has 1 aromatic carbocycles. The molecule has 0 radical (unpaired) electrons. The van der Waals surface area contributed by atoms with Crippen LogP contribution in [0.5, 0.6) is 0 Å². The van der Waals surface area contributed by atoms with Gasteiger partial charge in [0.25, 0.3) is 0 Å². The molecule has 5 nitrogen and oxygen atoms in total. The Balaban J connectivity index is 2.52.